The van der Waals surface area contributed by atoms with E-state index < -0.39 is 16.0 Å². The van der Waals surface area contributed by atoms with Crippen LogP contribution in [0.15, 0.2) is 89.8 Å². The van der Waals surface area contributed by atoms with Crippen molar-refractivity contribution in [3.05, 3.63) is 90.5 Å². The van der Waals surface area contributed by atoms with E-state index in [4.69, 9.17) is 4.74 Å². The number of hydrogen-bond acceptors (Lipinski definition) is 5. The van der Waals surface area contributed by atoms with Crippen LogP contribution in [0.1, 0.15) is 18.4 Å². The number of carbonyl (C=O) groups excluding carboxylic acids is 2. The first-order valence-corrected chi connectivity index (χ1v) is 11.9. The minimum atomic E-state index is -3.73. The third-order valence-electron chi connectivity index (χ3n) is 4.97. The van der Waals surface area contributed by atoms with Crippen molar-refractivity contribution in [2.24, 2.45) is 0 Å². The summed E-state index contributed by atoms with van der Waals surface area (Å²) in [5.74, 6) is -0.793. The Morgan fingerprint density at radius 2 is 1.45 bits per heavy atom. The van der Waals surface area contributed by atoms with Crippen LogP contribution < -0.4 is 9.62 Å². The number of rotatable bonds is 10. The molecule has 3 aromatic carbocycles. The number of hydrogen-bond donors (Lipinski definition) is 1. The number of benzene rings is 3. The maximum atomic E-state index is 12.8. The van der Waals surface area contributed by atoms with Crippen LogP contribution in [0, 0.1) is 0 Å². The number of para-hydroxylation sites is 1. The first kappa shape index (κ1) is 24.0. The lowest BCUT2D eigenvalue weighted by molar-refractivity contribution is -0.144. The van der Waals surface area contributed by atoms with Crippen molar-refractivity contribution in [2.45, 2.75) is 24.2 Å². The van der Waals surface area contributed by atoms with Crippen LogP contribution in [0.5, 0.6) is 0 Å². The predicted molar refractivity (Wildman–Crippen MR) is 127 cm³/mol. The summed E-state index contributed by atoms with van der Waals surface area (Å²) < 4.78 is 32.0. The van der Waals surface area contributed by atoms with E-state index >= 15 is 0 Å². The van der Waals surface area contributed by atoms with Gasteiger partial charge in [0.2, 0.25) is 5.91 Å². The zero-order chi connectivity index (χ0) is 23.7. The highest BCUT2D eigenvalue weighted by molar-refractivity contribution is 7.92. The van der Waals surface area contributed by atoms with Crippen molar-refractivity contribution in [1.82, 2.24) is 0 Å². The molecular formula is C25H26N2O5S. The number of amides is 1. The van der Waals surface area contributed by atoms with Crippen molar-refractivity contribution >= 4 is 33.3 Å². The molecule has 0 aliphatic heterocycles. The van der Waals surface area contributed by atoms with E-state index in [-0.39, 0.29) is 30.3 Å². The zero-order valence-corrected chi connectivity index (χ0v) is 19.1. The largest absolute Gasteiger partial charge is 0.465 e. The predicted octanol–water partition coefficient (Wildman–Crippen LogP) is 4.02. The molecule has 0 aliphatic carbocycles. The lowest BCUT2D eigenvalue weighted by atomic mass is 10.2. The average Bonchev–Trinajstić information content (AvgIpc) is 2.84. The summed E-state index contributed by atoms with van der Waals surface area (Å²) in [7, 11) is -2.24. The molecule has 3 aromatic rings. The average molecular weight is 467 g/mol. The van der Waals surface area contributed by atoms with Crippen LogP contribution in [-0.4, -0.2) is 33.9 Å². The highest BCUT2D eigenvalue weighted by Crippen LogP contribution is 2.23. The van der Waals surface area contributed by atoms with Gasteiger partial charge in [0.1, 0.15) is 0 Å². The Morgan fingerprint density at radius 1 is 0.848 bits per heavy atom. The highest BCUT2D eigenvalue weighted by Gasteiger charge is 2.21. The van der Waals surface area contributed by atoms with E-state index in [1.54, 1.807) is 24.3 Å². The summed E-state index contributed by atoms with van der Waals surface area (Å²) in [6.45, 7) is 0.262. The van der Waals surface area contributed by atoms with Gasteiger partial charge >= 0.3 is 5.97 Å². The van der Waals surface area contributed by atoms with Gasteiger partial charge in [0.25, 0.3) is 10.0 Å². The van der Waals surface area contributed by atoms with Gasteiger partial charge < -0.3 is 10.1 Å². The monoisotopic (exact) mass is 466 g/mol. The Balaban J connectivity index is 1.46. The number of anilines is 2. The lowest BCUT2D eigenvalue weighted by Gasteiger charge is -2.19. The summed E-state index contributed by atoms with van der Waals surface area (Å²) in [6.07, 6.45) is 0.559. The SMILES string of the molecule is CN(c1ccccc1)S(=O)(=O)c1ccc(NC(=O)CCC(=O)OCCc2ccccc2)cc1. The molecule has 8 heteroatoms. The molecular weight excluding hydrogens is 440 g/mol. The molecule has 0 fully saturated rings. The maximum absolute atomic E-state index is 12.8. The lowest BCUT2D eigenvalue weighted by Crippen LogP contribution is -2.26. The molecule has 0 unspecified atom stereocenters. The van der Waals surface area contributed by atoms with Crippen LogP contribution in [-0.2, 0) is 30.8 Å². The molecule has 0 radical (unpaired) electrons. The van der Waals surface area contributed by atoms with Gasteiger partial charge in [-0.05, 0) is 42.0 Å². The van der Waals surface area contributed by atoms with E-state index in [0.717, 1.165) is 5.56 Å². The quantitative estimate of drug-likeness (QED) is 0.456. The molecule has 3 rings (SSSR count). The third kappa shape index (κ3) is 6.92. The van der Waals surface area contributed by atoms with Crippen molar-refractivity contribution in [1.29, 1.82) is 0 Å². The van der Waals surface area contributed by atoms with E-state index in [9.17, 15) is 18.0 Å². The van der Waals surface area contributed by atoms with Crippen molar-refractivity contribution in [3.63, 3.8) is 0 Å². The minimum absolute atomic E-state index is 0.0268. The topological polar surface area (TPSA) is 92.8 Å². The Kier molecular flexibility index (Phi) is 8.21. The van der Waals surface area contributed by atoms with Crippen LogP contribution in [0.25, 0.3) is 0 Å². The number of carbonyl (C=O) groups is 2. The Labute approximate surface area is 194 Å². The van der Waals surface area contributed by atoms with Crippen LogP contribution >= 0.6 is 0 Å². The molecule has 0 spiro atoms. The van der Waals surface area contributed by atoms with Crippen LogP contribution in [0.4, 0.5) is 11.4 Å². The fourth-order valence-corrected chi connectivity index (χ4v) is 4.28. The maximum Gasteiger partial charge on any atom is 0.306 e. The molecule has 1 N–H and O–H groups in total. The number of ether oxygens (including phenoxy) is 1. The molecule has 0 atom stereocenters. The van der Waals surface area contributed by atoms with Gasteiger partial charge in [-0.3, -0.25) is 13.9 Å². The summed E-state index contributed by atoms with van der Waals surface area (Å²) in [6, 6.07) is 24.3. The second kappa shape index (κ2) is 11.3. The van der Waals surface area contributed by atoms with Crippen molar-refractivity contribution in [2.75, 3.05) is 23.3 Å². The van der Waals surface area contributed by atoms with Gasteiger partial charge in [-0.2, -0.15) is 0 Å². The molecule has 33 heavy (non-hydrogen) atoms. The minimum Gasteiger partial charge on any atom is -0.465 e. The zero-order valence-electron chi connectivity index (χ0n) is 18.3. The molecule has 0 saturated heterocycles. The molecule has 7 nitrogen and oxygen atoms in total. The van der Waals surface area contributed by atoms with Crippen molar-refractivity contribution in [3.8, 4) is 0 Å². The second-order valence-corrected chi connectivity index (χ2v) is 9.31. The molecule has 0 heterocycles. The van der Waals surface area contributed by atoms with Gasteiger partial charge in [0, 0.05) is 25.6 Å². The van der Waals surface area contributed by atoms with Crippen molar-refractivity contribution < 1.29 is 22.7 Å². The van der Waals surface area contributed by atoms with Gasteiger partial charge in [-0.1, -0.05) is 48.5 Å². The fraction of sp³-hybridized carbons (Fsp3) is 0.200. The Hall–Kier alpha value is -3.65. The molecule has 172 valence electrons. The standard InChI is InChI=1S/C25H26N2O5S/c1-27(22-10-6-3-7-11-22)33(30,31)23-14-12-21(13-15-23)26-24(28)16-17-25(29)32-19-18-20-8-4-2-5-9-20/h2-15H,16-19H2,1H3,(H,26,28). The highest BCUT2D eigenvalue weighted by atomic mass is 32.2. The molecule has 0 bridgehead atoms. The molecule has 0 aliphatic rings. The van der Waals surface area contributed by atoms with Gasteiger partial charge in [-0.25, -0.2) is 8.42 Å². The first-order chi connectivity index (χ1) is 15.9. The number of esters is 1. The number of sulfonamides is 1. The Bertz CT molecular complexity index is 1160. The third-order valence-corrected chi connectivity index (χ3v) is 6.77. The van der Waals surface area contributed by atoms with Crippen LogP contribution in [0.2, 0.25) is 0 Å². The van der Waals surface area contributed by atoms with Gasteiger partial charge in [0.15, 0.2) is 0 Å². The number of nitrogens with one attached hydrogen (secondary N) is 1. The molecule has 0 aromatic heterocycles. The van der Waals surface area contributed by atoms with E-state index in [1.165, 1.54) is 35.6 Å². The van der Waals surface area contributed by atoms with Crippen LogP contribution in [0.3, 0.4) is 0 Å². The molecule has 0 saturated carbocycles. The first-order valence-electron chi connectivity index (χ1n) is 10.5. The van der Waals surface area contributed by atoms with Gasteiger partial charge in [0.05, 0.1) is 23.6 Å². The second-order valence-electron chi connectivity index (χ2n) is 7.34. The summed E-state index contributed by atoms with van der Waals surface area (Å²) in [5, 5.41) is 2.66. The summed E-state index contributed by atoms with van der Waals surface area (Å²) >= 11 is 0. The fourth-order valence-electron chi connectivity index (χ4n) is 3.08. The summed E-state index contributed by atoms with van der Waals surface area (Å²) in [4.78, 5) is 24.1. The van der Waals surface area contributed by atoms with E-state index in [1.807, 2.05) is 36.4 Å². The Morgan fingerprint density at radius 3 is 2.09 bits per heavy atom. The normalized spacial score (nSPS) is 10.9. The smallest absolute Gasteiger partial charge is 0.306 e. The summed E-state index contributed by atoms with van der Waals surface area (Å²) in [5.41, 5.74) is 2.06. The van der Waals surface area contributed by atoms with E-state index in [2.05, 4.69) is 5.32 Å². The number of nitrogens with zero attached hydrogens (tertiary/aromatic N) is 1. The van der Waals surface area contributed by atoms with E-state index in [0.29, 0.717) is 17.8 Å². The molecule has 1 amide bonds. The van der Waals surface area contributed by atoms with Gasteiger partial charge in [-0.15, -0.1) is 0 Å².